The molecule has 1 aliphatic heterocycles. The molecule has 0 saturated carbocycles. The Kier molecular flexibility index (Phi) is 4.02. The lowest BCUT2D eigenvalue weighted by atomic mass is 10.1. The lowest BCUT2D eigenvalue weighted by Gasteiger charge is -2.11. The van der Waals surface area contributed by atoms with Crippen molar-refractivity contribution in [3.05, 3.63) is 30.5 Å². The van der Waals surface area contributed by atoms with Gasteiger partial charge in [-0.1, -0.05) is 0 Å². The smallest absolute Gasteiger partial charge is 0.221 e. The average molecular weight is 272 g/mol. The number of pyridine rings is 1. The molecule has 1 aliphatic rings. The van der Waals surface area contributed by atoms with Gasteiger partial charge < -0.3 is 14.8 Å². The number of nitrogens with one attached hydrogen (secondary N) is 1. The number of nitrogens with zero attached hydrogens (tertiary/aromatic N) is 1. The van der Waals surface area contributed by atoms with Crippen LogP contribution in [-0.2, 0) is 0 Å². The molecule has 1 aromatic carbocycles. The van der Waals surface area contributed by atoms with E-state index < -0.39 is 0 Å². The van der Waals surface area contributed by atoms with Crippen LogP contribution in [-0.4, -0.2) is 31.8 Å². The maximum atomic E-state index is 5.88. The van der Waals surface area contributed by atoms with Gasteiger partial charge in [-0.3, -0.25) is 0 Å². The third kappa shape index (κ3) is 2.85. The topological polar surface area (TPSA) is 43.4 Å². The van der Waals surface area contributed by atoms with Crippen LogP contribution >= 0.6 is 0 Å². The molecule has 1 unspecified atom stereocenters. The summed E-state index contributed by atoms with van der Waals surface area (Å²) in [5.41, 5.74) is 0. The van der Waals surface area contributed by atoms with Crippen molar-refractivity contribution in [2.24, 2.45) is 5.92 Å². The fraction of sp³-hybridized carbons (Fsp3) is 0.438. The van der Waals surface area contributed by atoms with Crippen LogP contribution in [0, 0.1) is 5.92 Å². The Morgan fingerprint density at radius 3 is 3.10 bits per heavy atom. The molecule has 4 heteroatoms. The van der Waals surface area contributed by atoms with Crippen LogP contribution in [0.2, 0.25) is 0 Å². The highest BCUT2D eigenvalue weighted by Crippen LogP contribution is 2.27. The molecule has 106 valence electrons. The lowest BCUT2D eigenvalue weighted by molar-refractivity contribution is 0.277. The fourth-order valence-electron chi connectivity index (χ4n) is 2.65. The molecule has 0 radical (unpaired) electrons. The Hall–Kier alpha value is -1.81. The number of fused-ring (bicyclic) bond motifs is 1. The van der Waals surface area contributed by atoms with Crippen LogP contribution in [0.5, 0.6) is 11.6 Å². The highest BCUT2D eigenvalue weighted by molar-refractivity contribution is 5.87. The van der Waals surface area contributed by atoms with Crippen molar-refractivity contribution in [2.75, 3.05) is 26.8 Å². The summed E-state index contributed by atoms with van der Waals surface area (Å²) >= 11 is 0. The Morgan fingerprint density at radius 1 is 1.35 bits per heavy atom. The highest BCUT2D eigenvalue weighted by Gasteiger charge is 2.14. The molecule has 1 aromatic heterocycles. The number of hydrogen-bond donors (Lipinski definition) is 1. The third-order valence-corrected chi connectivity index (χ3v) is 3.86. The molecular weight excluding hydrogens is 252 g/mol. The van der Waals surface area contributed by atoms with E-state index in [1.54, 1.807) is 13.3 Å². The second-order valence-corrected chi connectivity index (χ2v) is 5.20. The number of rotatable bonds is 5. The van der Waals surface area contributed by atoms with E-state index in [2.05, 4.69) is 10.3 Å². The maximum Gasteiger partial charge on any atom is 0.221 e. The minimum Gasteiger partial charge on any atom is -0.497 e. The molecule has 1 fully saturated rings. The van der Waals surface area contributed by atoms with Gasteiger partial charge in [-0.15, -0.1) is 0 Å². The van der Waals surface area contributed by atoms with Gasteiger partial charge in [0, 0.05) is 11.6 Å². The van der Waals surface area contributed by atoms with Gasteiger partial charge in [0.25, 0.3) is 0 Å². The maximum absolute atomic E-state index is 5.88. The summed E-state index contributed by atoms with van der Waals surface area (Å²) in [6.45, 7) is 2.98. The molecule has 0 spiro atoms. The zero-order chi connectivity index (χ0) is 13.8. The first-order chi connectivity index (χ1) is 9.86. The largest absolute Gasteiger partial charge is 0.497 e. The number of hydrogen-bond acceptors (Lipinski definition) is 4. The Labute approximate surface area is 119 Å². The van der Waals surface area contributed by atoms with Gasteiger partial charge in [0.2, 0.25) is 5.88 Å². The summed E-state index contributed by atoms with van der Waals surface area (Å²) < 4.78 is 11.1. The first-order valence-corrected chi connectivity index (χ1v) is 7.13. The Bertz CT molecular complexity index is 580. The van der Waals surface area contributed by atoms with E-state index in [9.17, 15) is 0 Å². The standard InChI is InChI=1S/C16H20N2O2/c1-19-14-2-3-15-13(10-14)5-8-18-16(15)20-9-6-12-4-7-17-11-12/h2-3,5,8,10,12,17H,4,6-7,9,11H2,1H3. The first kappa shape index (κ1) is 13.2. The van der Waals surface area contributed by atoms with Crippen molar-refractivity contribution in [3.63, 3.8) is 0 Å². The summed E-state index contributed by atoms with van der Waals surface area (Å²) in [6, 6.07) is 7.93. The molecule has 20 heavy (non-hydrogen) atoms. The SMILES string of the molecule is COc1ccc2c(OCCC3CCNC3)nccc2c1. The van der Waals surface area contributed by atoms with Crippen molar-refractivity contribution < 1.29 is 9.47 Å². The molecule has 2 heterocycles. The minimum atomic E-state index is 0.719. The van der Waals surface area contributed by atoms with E-state index in [0.29, 0.717) is 0 Å². The van der Waals surface area contributed by atoms with Gasteiger partial charge in [-0.2, -0.15) is 0 Å². The van der Waals surface area contributed by atoms with Crippen molar-refractivity contribution in [2.45, 2.75) is 12.8 Å². The van der Waals surface area contributed by atoms with E-state index in [4.69, 9.17) is 9.47 Å². The summed E-state index contributed by atoms with van der Waals surface area (Å²) in [5.74, 6) is 2.31. The van der Waals surface area contributed by atoms with Gasteiger partial charge in [-0.25, -0.2) is 4.98 Å². The summed E-state index contributed by atoms with van der Waals surface area (Å²) in [7, 11) is 1.68. The van der Waals surface area contributed by atoms with Crippen molar-refractivity contribution in [1.29, 1.82) is 0 Å². The molecule has 1 saturated heterocycles. The molecule has 3 rings (SSSR count). The first-order valence-electron chi connectivity index (χ1n) is 7.13. The molecule has 0 amide bonds. The van der Waals surface area contributed by atoms with Crippen LogP contribution in [0.25, 0.3) is 10.8 Å². The third-order valence-electron chi connectivity index (χ3n) is 3.86. The number of benzene rings is 1. The predicted octanol–water partition coefficient (Wildman–Crippen LogP) is 2.62. The quantitative estimate of drug-likeness (QED) is 0.908. The van der Waals surface area contributed by atoms with Crippen LogP contribution in [0.3, 0.4) is 0 Å². The van der Waals surface area contributed by atoms with Crippen molar-refractivity contribution in [1.82, 2.24) is 10.3 Å². The molecule has 1 atom stereocenters. The Morgan fingerprint density at radius 2 is 2.30 bits per heavy atom. The fourth-order valence-corrected chi connectivity index (χ4v) is 2.65. The zero-order valence-corrected chi connectivity index (χ0v) is 11.8. The van der Waals surface area contributed by atoms with Gasteiger partial charge >= 0.3 is 0 Å². The highest BCUT2D eigenvalue weighted by atomic mass is 16.5. The lowest BCUT2D eigenvalue weighted by Crippen LogP contribution is -2.12. The monoisotopic (exact) mass is 272 g/mol. The van der Waals surface area contributed by atoms with Gasteiger partial charge in [0.05, 0.1) is 13.7 Å². The van der Waals surface area contributed by atoms with Gasteiger partial charge in [0.15, 0.2) is 0 Å². The molecule has 0 bridgehead atoms. The number of ether oxygens (including phenoxy) is 2. The van der Waals surface area contributed by atoms with Crippen LogP contribution in [0.15, 0.2) is 30.5 Å². The molecule has 2 aromatic rings. The number of aromatic nitrogens is 1. The molecule has 0 aliphatic carbocycles. The van der Waals surface area contributed by atoms with Crippen LogP contribution < -0.4 is 14.8 Å². The normalized spacial score (nSPS) is 18.4. The van der Waals surface area contributed by atoms with E-state index in [1.165, 1.54) is 6.42 Å². The molecule has 4 nitrogen and oxygen atoms in total. The second kappa shape index (κ2) is 6.09. The minimum absolute atomic E-state index is 0.719. The summed E-state index contributed by atoms with van der Waals surface area (Å²) in [5, 5.41) is 5.51. The van der Waals surface area contributed by atoms with Crippen LogP contribution in [0.1, 0.15) is 12.8 Å². The van der Waals surface area contributed by atoms with E-state index in [-0.39, 0.29) is 0 Å². The average Bonchev–Trinajstić information content (AvgIpc) is 3.00. The summed E-state index contributed by atoms with van der Waals surface area (Å²) in [4.78, 5) is 4.35. The second-order valence-electron chi connectivity index (χ2n) is 5.20. The van der Waals surface area contributed by atoms with E-state index >= 15 is 0 Å². The molecule has 1 N–H and O–H groups in total. The van der Waals surface area contributed by atoms with Gasteiger partial charge in [-0.05, 0) is 61.5 Å². The van der Waals surface area contributed by atoms with Crippen LogP contribution in [0.4, 0.5) is 0 Å². The van der Waals surface area contributed by atoms with E-state index in [0.717, 1.165) is 54.4 Å². The molecular formula is C16H20N2O2. The zero-order valence-electron chi connectivity index (χ0n) is 11.8. The van der Waals surface area contributed by atoms with Crippen molar-refractivity contribution in [3.8, 4) is 11.6 Å². The summed E-state index contributed by atoms with van der Waals surface area (Å²) in [6.07, 6.45) is 4.12. The van der Waals surface area contributed by atoms with Crippen molar-refractivity contribution >= 4 is 10.8 Å². The number of methoxy groups -OCH3 is 1. The Balaban J connectivity index is 1.70. The van der Waals surface area contributed by atoms with E-state index in [1.807, 2.05) is 24.3 Å². The van der Waals surface area contributed by atoms with Gasteiger partial charge in [0.1, 0.15) is 5.75 Å². The predicted molar refractivity (Wildman–Crippen MR) is 79.4 cm³/mol.